The zero-order chi connectivity index (χ0) is 13.3. The van der Waals surface area contributed by atoms with Crippen molar-refractivity contribution < 1.29 is 24.2 Å². The number of benzene rings is 1. The van der Waals surface area contributed by atoms with Crippen LogP contribution in [0, 0.1) is 5.92 Å². The number of carbonyl (C=O) groups is 2. The van der Waals surface area contributed by atoms with Crippen LogP contribution in [0.5, 0.6) is 11.5 Å². The third-order valence-corrected chi connectivity index (χ3v) is 2.90. The smallest absolute Gasteiger partial charge is 0.317 e. The van der Waals surface area contributed by atoms with Gasteiger partial charge >= 0.3 is 5.97 Å². The normalized spacial score (nSPS) is 18.2. The quantitative estimate of drug-likeness (QED) is 0.631. The summed E-state index contributed by atoms with van der Waals surface area (Å²) >= 11 is 0. The van der Waals surface area contributed by atoms with Crippen molar-refractivity contribution >= 4 is 17.6 Å². The highest BCUT2D eigenvalue weighted by Gasteiger charge is 2.43. The monoisotopic (exact) mass is 251 g/mol. The van der Waals surface area contributed by atoms with Gasteiger partial charge < -0.3 is 19.5 Å². The Bertz CT molecular complexity index is 499. The van der Waals surface area contributed by atoms with Gasteiger partial charge in [0.15, 0.2) is 5.92 Å². The van der Waals surface area contributed by atoms with Crippen molar-refractivity contribution in [2.75, 3.05) is 25.7 Å². The summed E-state index contributed by atoms with van der Waals surface area (Å²) in [6, 6.07) is 5.03. The summed E-state index contributed by atoms with van der Waals surface area (Å²) in [5, 5.41) is 8.79. The van der Waals surface area contributed by atoms with Crippen molar-refractivity contribution in [2.24, 2.45) is 5.92 Å². The molecule has 0 aromatic heterocycles. The number of anilines is 1. The van der Waals surface area contributed by atoms with Gasteiger partial charge in [-0.1, -0.05) is 0 Å². The number of amides is 1. The first kappa shape index (κ1) is 12.2. The molecule has 1 heterocycles. The van der Waals surface area contributed by atoms with E-state index in [1.807, 2.05) is 0 Å². The molecular formula is C12H13NO5. The van der Waals surface area contributed by atoms with Crippen molar-refractivity contribution in [3.63, 3.8) is 0 Å². The molecule has 0 saturated carbocycles. The van der Waals surface area contributed by atoms with Gasteiger partial charge in [-0.25, -0.2) is 0 Å². The minimum Gasteiger partial charge on any atom is -0.497 e. The summed E-state index contributed by atoms with van der Waals surface area (Å²) in [5.74, 6) is -1.40. The second-order valence-electron chi connectivity index (χ2n) is 3.88. The SMILES string of the molecule is COc1ccc(OC)c(N2CC(C(=O)O)C2=O)c1. The maximum atomic E-state index is 11.7. The summed E-state index contributed by atoms with van der Waals surface area (Å²) < 4.78 is 10.2. The van der Waals surface area contributed by atoms with E-state index in [2.05, 4.69) is 0 Å². The standard InChI is InChI=1S/C12H13NO5/c1-17-7-3-4-10(18-2)9(5-7)13-6-8(11(13)14)12(15)16/h3-5,8H,6H2,1-2H3,(H,15,16). The molecule has 18 heavy (non-hydrogen) atoms. The molecule has 1 aliphatic heterocycles. The molecule has 2 rings (SSSR count). The van der Waals surface area contributed by atoms with E-state index in [1.54, 1.807) is 18.2 Å². The average Bonchev–Trinajstić information content (AvgIpc) is 2.36. The number of carboxylic acid groups (broad SMARTS) is 1. The van der Waals surface area contributed by atoms with Gasteiger partial charge in [-0.05, 0) is 12.1 Å². The molecule has 1 amide bonds. The second-order valence-corrected chi connectivity index (χ2v) is 3.88. The number of carbonyl (C=O) groups excluding carboxylic acids is 1. The molecule has 1 fully saturated rings. The van der Waals surface area contributed by atoms with E-state index in [-0.39, 0.29) is 6.54 Å². The Balaban J connectivity index is 2.29. The van der Waals surface area contributed by atoms with Gasteiger partial charge in [0.25, 0.3) is 0 Å². The predicted molar refractivity (Wildman–Crippen MR) is 63.0 cm³/mol. The molecule has 0 bridgehead atoms. The van der Waals surface area contributed by atoms with Crippen LogP contribution < -0.4 is 14.4 Å². The molecule has 1 aromatic carbocycles. The molecule has 0 radical (unpaired) electrons. The molecule has 1 N–H and O–H groups in total. The van der Waals surface area contributed by atoms with Crippen LogP contribution in [0.25, 0.3) is 0 Å². The number of hydrogen-bond donors (Lipinski definition) is 1. The van der Waals surface area contributed by atoms with Crippen LogP contribution in [0.1, 0.15) is 0 Å². The molecule has 0 aliphatic carbocycles. The molecule has 1 saturated heterocycles. The van der Waals surface area contributed by atoms with Crippen LogP contribution in [-0.2, 0) is 9.59 Å². The van der Waals surface area contributed by atoms with Crippen molar-refractivity contribution in [1.29, 1.82) is 0 Å². The average molecular weight is 251 g/mol. The van der Waals surface area contributed by atoms with Crippen molar-refractivity contribution in [3.8, 4) is 11.5 Å². The predicted octanol–water partition coefficient (Wildman–Crippen LogP) is 0.751. The van der Waals surface area contributed by atoms with Gasteiger partial charge in [0.1, 0.15) is 11.5 Å². The third-order valence-electron chi connectivity index (χ3n) is 2.90. The summed E-state index contributed by atoms with van der Waals surface area (Å²) in [5.41, 5.74) is 0.527. The zero-order valence-electron chi connectivity index (χ0n) is 10.0. The van der Waals surface area contributed by atoms with Crippen LogP contribution in [0.15, 0.2) is 18.2 Å². The fourth-order valence-electron chi connectivity index (χ4n) is 1.83. The maximum absolute atomic E-state index is 11.7. The van der Waals surface area contributed by atoms with E-state index in [0.29, 0.717) is 17.2 Å². The zero-order valence-corrected chi connectivity index (χ0v) is 10.0. The fraction of sp³-hybridized carbons (Fsp3) is 0.333. The van der Waals surface area contributed by atoms with E-state index in [4.69, 9.17) is 14.6 Å². The number of hydrogen-bond acceptors (Lipinski definition) is 4. The largest absolute Gasteiger partial charge is 0.497 e. The molecule has 1 unspecified atom stereocenters. The lowest BCUT2D eigenvalue weighted by atomic mass is 9.98. The van der Waals surface area contributed by atoms with Crippen LogP contribution in [-0.4, -0.2) is 37.7 Å². The first-order valence-corrected chi connectivity index (χ1v) is 5.34. The molecule has 6 heteroatoms. The number of carboxylic acids is 1. The molecule has 6 nitrogen and oxygen atoms in total. The lowest BCUT2D eigenvalue weighted by Gasteiger charge is -2.36. The number of rotatable bonds is 4. The molecule has 1 aliphatic rings. The van der Waals surface area contributed by atoms with Gasteiger partial charge in [-0.15, -0.1) is 0 Å². The Morgan fingerprint density at radius 1 is 1.39 bits per heavy atom. The summed E-state index contributed by atoms with van der Waals surface area (Å²) in [4.78, 5) is 23.8. The van der Waals surface area contributed by atoms with Crippen LogP contribution >= 0.6 is 0 Å². The van der Waals surface area contributed by atoms with E-state index in [1.165, 1.54) is 19.1 Å². The summed E-state index contributed by atoms with van der Waals surface area (Å²) in [6.45, 7) is 0.150. The Morgan fingerprint density at radius 3 is 2.61 bits per heavy atom. The number of methoxy groups -OCH3 is 2. The van der Waals surface area contributed by atoms with Gasteiger partial charge in [-0.2, -0.15) is 0 Å². The molecule has 1 aromatic rings. The minimum absolute atomic E-state index is 0.150. The van der Waals surface area contributed by atoms with E-state index >= 15 is 0 Å². The highest BCUT2D eigenvalue weighted by molar-refractivity contribution is 6.12. The van der Waals surface area contributed by atoms with E-state index < -0.39 is 17.8 Å². The summed E-state index contributed by atoms with van der Waals surface area (Å²) in [6.07, 6.45) is 0. The Labute approximate surface area is 104 Å². The second kappa shape index (κ2) is 4.56. The first-order valence-electron chi connectivity index (χ1n) is 5.34. The van der Waals surface area contributed by atoms with Crippen LogP contribution in [0.2, 0.25) is 0 Å². The fourth-order valence-corrected chi connectivity index (χ4v) is 1.83. The number of β-lactam (4-membered cyclic amide) rings is 1. The van der Waals surface area contributed by atoms with Gasteiger partial charge in [-0.3, -0.25) is 9.59 Å². The van der Waals surface area contributed by atoms with Crippen LogP contribution in [0.4, 0.5) is 5.69 Å². The topological polar surface area (TPSA) is 76.1 Å². The van der Waals surface area contributed by atoms with Crippen molar-refractivity contribution in [3.05, 3.63) is 18.2 Å². The van der Waals surface area contributed by atoms with Gasteiger partial charge in [0, 0.05) is 12.6 Å². The molecule has 0 spiro atoms. The third kappa shape index (κ3) is 1.85. The lowest BCUT2D eigenvalue weighted by molar-refractivity contribution is -0.149. The van der Waals surface area contributed by atoms with E-state index in [9.17, 15) is 9.59 Å². The maximum Gasteiger partial charge on any atom is 0.317 e. The Kier molecular flexibility index (Phi) is 3.10. The summed E-state index contributed by atoms with van der Waals surface area (Å²) in [7, 11) is 3.01. The molecule has 96 valence electrons. The number of nitrogens with zero attached hydrogens (tertiary/aromatic N) is 1. The van der Waals surface area contributed by atoms with Crippen molar-refractivity contribution in [1.82, 2.24) is 0 Å². The Hall–Kier alpha value is -2.24. The van der Waals surface area contributed by atoms with Gasteiger partial charge in [0.05, 0.1) is 19.9 Å². The Morgan fingerprint density at radius 2 is 2.11 bits per heavy atom. The lowest BCUT2D eigenvalue weighted by Crippen LogP contribution is -2.56. The number of aliphatic carboxylic acids is 1. The number of ether oxygens (including phenoxy) is 2. The highest BCUT2D eigenvalue weighted by Crippen LogP contribution is 2.36. The molecule has 1 atom stereocenters. The van der Waals surface area contributed by atoms with Crippen molar-refractivity contribution in [2.45, 2.75) is 0 Å². The first-order chi connectivity index (χ1) is 8.58. The minimum atomic E-state index is -1.10. The van der Waals surface area contributed by atoms with Gasteiger partial charge in [0.2, 0.25) is 5.91 Å². The highest BCUT2D eigenvalue weighted by atomic mass is 16.5. The van der Waals surface area contributed by atoms with Crippen LogP contribution in [0.3, 0.4) is 0 Å². The molecular weight excluding hydrogens is 238 g/mol. The van der Waals surface area contributed by atoms with E-state index in [0.717, 1.165) is 0 Å².